The molecule has 0 heterocycles. The van der Waals surface area contributed by atoms with Gasteiger partial charge in [-0.3, -0.25) is 0 Å². The van der Waals surface area contributed by atoms with Crippen molar-refractivity contribution in [3.8, 4) is 11.5 Å². The summed E-state index contributed by atoms with van der Waals surface area (Å²) >= 11 is 6.18. The second-order valence-electron chi connectivity index (χ2n) is 6.69. The van der Waals surface area contributed by atoms with Gasteiger partial charge in [0, 0.05) is 10.6 Å². The van der Waals surface area contributed by atoms with Crippen molar-refractivity contribution < 1.29 is 13.6 Å². The molecule has 0 saturated heterocycles. The maximum absolute atomic E-state index is 14.1. The third-order valence-corrected chi connectivity index (χ3v) is 11.5. The van der Waals surface area contributed by atoms with Gasteiger partial charge in [0.2, 0.25) is 0 Å². The molecule has 0 amide bonds. The molecule has 31 heavy (non-hydrogen) atoms. The molecule has 0 aliphatic rings. The lowest BCUT2D eigenvalue weighted by Crippen LogP contribution is -2.28. The first-order valence-electron chi connectivity index (χ1n) is 9.68. The van der Waals surface area contributed by atoms with Gasteiger partial charge in [0.25, 0.3) is 0 Å². The summed E-state index contributed by atoms with van der Waals surface area (Å²) in [5.74, 6) is 0.855. The third kappa shape index (κ3) is 5.33. The van der Waals surface area contributed by atoms with Crippen LogP contribution in [-0.2, 0) is 16.4 Å². The molecule has 0 spiro atoms. The van der Waals surface area contributed by atoms with Crippen LogP contribution in [0.3, 0.4) is 0 Å². The Kier molecular flexibility index (Phi) is 6.70. The van der Waals surface area contributed by atoms with E-state index >= 15 is 0 Å². The van der Waals surface area contributed by atoms with E-state index in [0.29, 0.717) is 11.5 Å². The van der Waals surface area contributed by atoms with Crippen LogP contribution in [0.1, 0.15) is 0 Å². The minimum atomic E-state index is -3.92. The minimum Gasteiger partial charge on any atom is -0.404 e. The van der Waals surface area contributed by atoms with Crippen LogP contribution in [0.15, 0.2) is 121 Å². The second-order valence-corrected chi connectivity index (χ2v) is 12.7. The molecular formula is C24H21NO3P2S. The molecule has 0 aromatic heterocycles. The molecule has 4 aromatic carbocycles. The van der Waals surface area contributed by atoms with E-state index in [-0.39, 0.29) is 0 Å². The smallest absolute Gasteiger partial charge is 0.404 e. The fourth-order valence-corrected chi connectivity index (χ4v) is 9.59. The highest BCUT2D eigenvalue weighted by Gasteiger charge is 2.37. The van der Waals surface area contributed by atoms with Gasteiger partial charge in [0.15, 0.2) is 0 Å². The van der Waals surface area contributed by atoms with Crippen LogP contribution < -0.4 is 24.5 Å². The maximum atomic E-state index is 14.1. The number of hydrogen-bond acceptors (Lipinski definition) is 4. The number of rotatable bonds is 8. The molecule has 4 nitrogen and oxygen atoms in total. The van der Waals surface area contributed by atoms with Crippen molar-refractivity contribution in [2.75, 3.05) is 0 Å². The zero-order chi connectivity index (χ0) is 21.6. The predicted molar refractivity (Wildman–Crippen MR) is 131 cm³/mol. The van der Waals surface area contributed by atoms with Crippen molar-refractivity contribution in [1.82, 2.24) is 4.86 Å². The zero-order valence-electron chi connectivity index (χ0n) is 16.6. The fraction of sp³-hybridized carbons (Fsp3) is 0. The number of benzene rings is 4. The van der Waals surface area contributed by atoms with Gasteiger partial charge in [-0.15, -0.1) is 0 Å². The lowest BCUT2D eigenvalue weighted by Gasteiger charge is -2.29. The van der Waals surface area contributed by atoms with E-state index < -0.39 is 13.9 Å². The topological polar surface area (TPSA) is 47.6 Å². The molecule has 0 saturated carbocycles. The fourth-order valence-electron chi connectivity index (χ4n) is 3.01. The molecule has 7 heteroatoms. The Bertz CT molecular complexity index is 1120. The van der Waals surface area contributed by atoms with Crippen molar-refractivity contribution in [3.05, 3.63) is 121 Å². The van der Waals surface area contributed by atoms with Crippen LogP contribution in [0, 0.1) is 0 Å². The molecule has 156 valence electrons. The first-order valence-corrected chi connectivity index (χ1v) is 14.0. The highest BCUT2D eigenvalue weighted by atomic mass is 32.4. The van der Waals surface area contributed by atoms with Gasteiger partial charge in [0.05, 0.1) is 6.19 Å². The van der Waals surface area contributed by atoms with Crippen LogP contribution in [0.4, 0.5) is 0 Å². The number of nitrogens with one attached hydrogen (secondary N) is 1. The second kappa shape index (κ2) is 9.64. The van der Waals surface area contributed by atoms with Crippen LogP contribution in [0.25, 0.3) is 0 Å². The maximum Gasteiger partial charge on any atom is 0.517 e. The highest BCUT2D eigenvalue weighted by Crippen LogP contribution is 2.55. The summed E-state index contributed by atoms with van der Waals surface area (Å²) in [6.45, 7) is 0. The molecule has 0 aliphatic heterocycles. The van der Waals surface area contributed by atoms with Crippen molar-refractivity contribution >= 4 is 36.4 Å². The lowest BCUT2D eigenvalue weighted by molar-refractivity contribution is 0.382. The summed E-state index contributed by atoms with van der Waals surface area (Å²) in [5.41, 5.74) is 0. The summed E-state index contributed by atoms with van der Waals surface area (Å²) in [6.07, 6.45) is -2.75. The van der Waals surface area contributed by atoms with Crippen LogP contribution in [0.5, 0.6) is 11.5 Å². The Morgan fingerprint density at radius 3 is 1.23 bits per heavy atom. The summed E-state index contributed by atoms with van der Waals surface area (Å²) < 4.78 is 26.0. The molecule has 0 fully saturated rings. The van der Waals surface area contributed by atoms with Crippen LogP contribution in [-0.4, -0.2) is 0 Å². The van der Waals surface area contributed by atoms with Crippen LogP contribution >= 0.6 is 13.9 Å². The predicted octanol–water partition coefficient (Wildman–Crippen LogP) is 5.89. The molecule has 4 aromatic rings. The van der Waals surface area contributed by atoms with Crippen molar-refractivity contribution in [1.29, 1.82) is 0 Å². The minimum absolute atomic E-state index is 0.428. The first-order chi connectivity index (χ1) is 15.1. The Hall–Kier alpha value is -2.68. The molecule has 0 radical (unpaired) electrons. The molecule has 1 N–H and O–H groups in total. The number of hydrogen-bond donors (Lipinski definition) is 1. The van der Waals surface area contributed by atoms with E-state index in [4.69, 9.17) is 20.9 Å². The normalized spacial score (nSPS) is 11.6. The summed E-state index contributed by atoms with van der Waals surface area (Å²) in [5, 5.41) is 1.73. The van der Waals surface area contributed by atoms with Crippen molar-refractivity contribution in [2.45, 2.75) is 0 Å². The van der Waals surface area contributed by atoms with E-state index in [1.54, 1.807) is 24.3 Å². The Balaban J connectivity index is 1.79. The molecule has 0 bridgehead atoms. The Labute approximate surface area is 187 Å². The van der Waals surface area contributed by atoms with Gasteiger partial charge in [-0.2, -0.15) is 4.86 Å². The van der Waals surface area contributed by atoms with Gasteiger partial charge in [-0.1, -0.05) is 109 Å². The van der Waals surface area contributed by atoms with Gasteiger partial charge < -0.3 is 9.05 Å². The van der Waals surface area contributed by atoms with Gasteiger partial charge in [-0.05, 0) is 24.3 Å². The summed E-state index contributed by atoms with van der Waals surface area (Å²) in [7, 11) is -3.92. The van der Waals surface area contributed by atoms with Crippen LogP contribution in [0.2, 0.25) is 0 Å². The molecular weight excluding hydrogens is 444 g/mol. The average Bonchev–Trinajstić information content (AvgIpc) is 2.81. The lowest BCUT2D eigenvalue weighted by atomic mass is 10.3. The van der Waals surface area contributed by atoms with Gasteiger partial charge in [0.1, 0.15) is 11.5 Å². The molecule has 0 atom stereocenters. The van der Waals surface area contributed by atoms with Gasteiger partial charge in [-0.25, -0.2) is 4.57 Å². The Morgan fingerprint density at radius 2 is 0.871 bits per heavy atom. The average molecular weight is 465 g/mol. The van der Waals surface area contributed by atoms with E-state index in [1.807, 2.05) is 97.1 Å². The standard InChI is InChI=1S/C24H21NO3P2S/c26-30(27-21-13-5-1-6-14-21,28-22-15-7-2-8-16-22)25-29(31,23-17-9-3-10-18-23)24-19-11-4-12-20-24/h1-20H,(H,25,26,31). The van der Waals surface area contributed by atoms with E-state index in [9.17, 15) is 4.57 Å². The quantitative estimate of drug-likeness (QED) is 0.329. The molecule has 4 rings (SSSR count). The van der Waals surface area contributed by atoms with E-state index in [0.717, 1.165) is 10.6 Å². The summed E-state index contributed by atoms with van der Waals surface area (Å²) in [4.78, 5) is 3.17. The number of para-hydroxylation sites is 2. The van der Waals surface area contributed by atoms with Gasteiger partial charge >= 0.3 is 7.75 Å². The largest absolute Gasteiger partial charge is 0.517 e. The monoisotopic (exact) mass is 465 g/mol. The Morgan fingerprint density at radius 1 is 0.548 bits per heavy atom. The van der Waals surface area contributed by atoms with Crippen molar-refractivity contribution in [3.63, 3.8) is 0 Å². The van der Waals surface area contributed by atoms with E-state index in [1.165, 1.54) is 0 Å². The molecule has 0 unspecified atom stereocenters. The highest BCUT2D eigenvalue weighted by molar-refractivity contribution is 8.22. The summed E-state index contributed by atoms with van der Waals surface area (Å²) in [6, 6.07) is 37.2. The third-order valence-electron chi connectivity index (χ3n) is 4.44. The molecule has 0 aliphatic carbocycles. The van der Waals surface area contributed by atoms with Crippen molar-refractivity contribution in [2.24, 2.45) is 0 Å². The van der Waals surface area contributed by atoms with E-state index in [2.05, 4.69) is 4.86 Å². The first kappa shape index (κ1) is 21.5. The SMILES string of the molecule is O=P(NP(=S)(c1ccccc1)c1ccccc1)(Oc1ccccc1)Oc1ccccc1. The zero-order valence-corrected chi connectivity index (χ0v) is 19.2.